The molecule has 2 heterocycles. The Morgan fingerprint density at radius 3 is 2.68 bits per heavy atom. The second-order valence-electron chi connectivity index (χ2n) is 5.28. The van der Waals surface area contributed by atoms with Crippen LogP contribution in [0.3, 0.4) is 0 Å². The summed E-state index contributed by atoms with van der Waals surface area (Å²) in [5.74, 6) is 0.954. The van der Waals surface area contributed by atoms with E-state index in [1.807, 2.05) is 35.5 Å². The summed E-state index contributed by atoms with van der Waals surface area (Å²) in [5, 5.41) is 8.45. The number of aryl methyl sites for hydroxylation is 2. The summed E-state index contributed by atoms with van der Waals surface area (Å²) < 4.78 is 3.70. The monoisotopic (exact) mass is 315 g/mol. The van der Waals surface area contributed by atoms with Crippen molar-refractivity contribution in [2.45, 2.75) is 13.5 Å². The number of hydrogen-bond donors (Lipinski definition) is 1. The maximum atomic E-state index is 5.95. The number of rotatable bonds is 4. The zero-order valence-corrected chi connectivity index (χ0v) is 13.6. The van der Waals surface area contributed by atoms with Gasteiger partial charge in [0, 0.05) is 25.7 Å². The minimum absolute atomic E-state index is 0.488. The van der Waals surface area contributed by atoms with E-state index in [9.17, 15) is 0 Å². The lowest BCUT2D eigenvalue weighted by atomic mass is 10.1. The number of nitrogens with one attached hydrogen (secondary N) is 1. The lowest BCUT2D eigenvalue weighted by Crippen LogP contribution is -2.07. The van der Waals surface area contributed by atoms with Crippen molar-refractivity contribution in [3.63, 3.8) is 0 Å². The minimum Gasteiger partial charge on any atom is -0.365 e. The topological polar surface area (TPSA) is 47.7 Å². The van der Waals surface area contributed by atoms with E-state index in [1.165, 1.54) is 5.56 Å². The zero-order valence-electron chi connectivity index (χ0n) is 12.8. The van der Waals surface area contributed by atoms with Gasteiger partial charge in [-0.15, -0.1) is 0 Å². The minimum atomic E-state index is 0.488. The van der Waals surface area contributed by atoms with E-state index in [-0.39, 0.29) is 0 Å². The van der Waals surface area contributed by atoms with E-state index >= 15 is 0 Å². The van der Waals surface area contributed by atoms with Gasteiger partial charge in [-0.05, 0) is 24.1 Å². The molecule has 0 saturated carbocycles. The molecule has 22 heavy (non-hydrogen) atoms. The molecule has 0 saturated heterocycles. The fourth-order valence-corrected chi connectivity index (χ4v) is 2.55. The van der Waals surface area contributed by atoms with Crippen LogP contribution in [0.25, 0.3) is 11.3 Å². The molecule has 0 fully saturated rings. The van der Waals surface area contributed by atoms with Gasteiger partial charge in [0.05, 0.1) is 24.1 Å². The number of benzene rings is 1. The van der Waals surface area contributed by atoms with E-state index in [4.69, 9.17) is 11.6 Å². The summed E-state index contributed by atoms with van der Waals surface area (Å²) in [6, 6.07) is 10.3. The average Bonchev–Trinajstić information content (AvgIpc) is 3.02. The van der Waals surface area contributed by atoms with Gasteiger partial charge < -0.3 is 9.88 Å². The molecule has 0 aliphatic heterocycles. The molecule has 114 valence electrons. The fourth-order valence-electron chi connectivity index (χ4n) is 2.39. The van der Waals surface area contributed by atoms with Gasteiger partial charge in [0.2, 0.25) is 5.28 Å². The van der Waals surface area contributed by atoms with Gasteiger partial charge in [-0.3, -0.25) is 4.68 Å². The second kappa shape index (κ2) is 5.85. The Morgan fingerprint density at radius 2 is 2.00 bits per heavy atom. The highest BCUT2D eigenvalue weighted by Crippen LogP contribution is 2.24. The molecular weight excluding hydrogens is 298 g/mol. The Hall–Kier alpha value is -2.27. The van der Waals surface area contributed by atoms with E-state index in [0.29, 0.717) is 11.8 Å². The smallest absolute Gasteiger partial charge is 0.202 e. The highest BCUT2D eigenvalue weighted by Gasteiger charge is 2.10. The largest absolute Gasteiger partial charge is 0.365 e. The van der Waals surface area contributed by atoms with Crippen molar-refractivity contribution in [2.75, 3.05) is 5.32 Å². The molecule has 0 aliphatic rings. The van der Waals surface area contributed by atoms with E-state index < -0.39 is 0 Å². The molecule has 3 aromatic rings. The Bertz CT molecular complexity index is 803. The highest BCUT2D eigenvalue weighted by molar-refractivity contribution is 6.28. The Balaban J connectivity index is 1.81. The van der Waals surface area contributed by atoms with Gasteiger partial charge in [-0.1, -0.05) is 24.3 Å². The predicted octanol–water partition coefficient (Wildman–Crippen LogP) is 3.39. The van der Waals surface area contributed by atoms with Gasteiger partial charge in [0.1, 0.15) is 5.82 Å². The first kappa shape index (κ1) is 14.7. The molecule has 1 aromatic carbocycles. The summed E-state index contributed by atoms with van der Waals surface area (Å²) in [5.41, 5.74) is 4.34. The quantitative estimate of drug-likeness (QED) is 0.802. The molecule has 3 rings (SSSR count). The molecule has 0 amide bonds. The van der Waals surface area contributed by atoms with E-state index in [0.717, 1.165) is 22.8 Å². The normalized spacial score (nSPS) is 10.9. The first-order valence-electron chi connectivity index (χ1n) is 7.06. The first-order valence-corrected chi connectivity index (χ1v) is 7.44. The predicted molar refractivity (Wildman–Crippen MR) is 88.9 cm³/mol. The first-order chi connectivity index (χ1) is 10.6. The van der Waals surface area contributed by atoms with Crippen LogP contribution in [0.15, 0.2) is 36.5 Å². The number of anilines is 1. The lowest BCUT2D eigenvalue weighted by Gasteiger charge is -2.06. The SMILES string of the molecule is Cc1ccccc1-c1cc(NCc2cnc(Cl)n2C)n(C)n1. The third kappa shape index (κ3) is 2.72. The molecular formula is C16H18ClN5. The molecule has 0 unspecified atom stereocenters. The lowest BCUT2D eigenvalue weighted by molar-refractivity contribution is 0.764. The van der Waals surface area contributed by atoms with Gasteiger partial charge in [-0.2, -0.15) is 5.10 Å². The van der Waals surface area contributed by atoms with Crippen molar-refractivity contribution in [1.82, 2.24) is 19.3 Å². The number of halogens is 1. The summed E-state index contributed by atoms with van der Waals surface area (Å²) in [6.45, 7) is 2.73. The van der Waals surface area contributed by atoms with Crippen LogP contribution < -0.4 is 5.32 Å². The van der Waals surface area contributed by atoms with Crippen molar-refractivity contribution in [3.05, 3.63) is 53.1 Å². The Labute approximate surface area is 134 Å². The Morgan fingerprint density at radius 1 is 1.23 bits per heavy atom. The second-order valence-corrected chi connectivity index (χ2v) is 5.62. The molecule has 0 atom stereocenters. The molecule has 2 aromatic heterocycles. The zero-order chi connectivity index (χ0) is 15.7. The van der Waals surface area contributed by atoms with Crippen molar-refractivity contribution < 1.29 is 0 Å². The van der Waals surface area contributed by atoms with Crippen LogP contribution in [0.4, 0.5) is 5.82 Å². The summed E-state index contributed by atoms with van der Waals surface area (Å²) in [6.07, 6.45) is 1.77. The van der Waals surface area contributed by atoms with Crippen molar-refractivity contribution in [1.29, 1.82) is 0 Å². The van der Waals surface area contributed by atoms with Gasteiger partial charge in [-0.25, -0.2) is 4.98 Å². The van der Waals surface area contributed by atoms with Crippen molar-refractivity contribution >= 4 is 17.4 Å². The third-order valence-corrected chi connectivity index (χ3v) is 4.13. The average molecular weight is 316 g/mol. The summed E-state index contributed by atoms with van der Waals surface area (Å²) in [4.78, 5) is 4.08. The summed E-state index contributed by atoms with van der Waals surface area (Å²) >= 11 is 5.95. The van der Waals surface area contributed by atoms with Crippen LogP contribution in [0.5, 0.6) is 0 Å². The van der Waals surface area contributed by atoms with Gasteiger partial charge in [0.15, 0.2) is 0 Å². The molecule has 6 heteroatoms. The molecule has 0 bridgehead atoms. The van der Waals surface area contributed by atoms with Crippen LogP contribution in [0.1, 0.15) is 11.3 Å². The molecule has 0 radical (unpaired) electrons. The van der Waals surface area contributed by atoms with Crippen LogP contribution in [-0.4, -0.2) is 19.3 Å². The Kier molecular flexibility index (Phi) is 3.90. The maximum absolute atomic E-state index is 5.95. The van der Waals surface area contributed by atoms with E-state index in [1.54, 1.807) is 6.20 Å². The van der Waals surface area contributed by atoms with Gasteiger partial charge in [0.25, 0.3) is 0 Å². The number of nitrogens with zero attached hydrogens (tertiary/aromatic N) is 4. The standard InChI is InChI=1S/C16H18ClN5/c1-11-6-4-5-7-13(11)14-8-15(22(3)20-14)18-9-12-10-19-16(17)21(12)2/h4-8,10,18H,9H2,1-3H3. The molecule has 1 N–H and O–H groups in total. The molecule has 0 spiro atoms. The number of aromatic nitrogens is 4. The van der Waals surface area contributed by atoms with Gasteiger partial charge >= 0.3 is 0 Å². The van der Waals surface area contributed by atoms with Crippen LogP contribution in [0, 0.1) is 6.92 Å². The maximum Gasteiger partial charge on any atom is 0.202 e. The van der Waals surface area contributed by atoms with Crippen molar-refractivity contribution in [2.24, 2.45) is 14.1 Å². The third-order valence-electron chi connectivity index (χ3n) is 3.78. The van der Waals surface area contributed by atoms with Crippen LogP contribution in [0.2, 0.25) is 5.28 Å². The van der Waals surface area contributed by atoms with Crippen LogP contribution in [-0.2, 0) is 20.6 Å². The highest BCUT2D eigenvalue weighted by atomic mass is 35.5. The fraction of sp³-hybridized carbons (Fsp3) is 0.250. The van der Waals surface area contributed by atoms with Crippen LogP contribution >= 0.6 is 11.6 Å². The molecule has 5 nitrogen and oxygen atoms in total. The van der Waals surface area contributed by atoms with Crippen molar-refractivity contribution in [3.8, 4) is 11.3 Å². The summed E-state index contributed by atoms with van der Waals surface area (Å²) in [7, 11) is 3.83. The number of hydrogen-bond acceptors (Lipinski definition) is 3. The van der Waals surface area contributed by atoms with E-state index in [2.05, 4.69) is 40.5 Å². The number of imidazole rings is 1. The molecule has 0 aliphatic carbocycles.